The maximum atomic E-state index is 6.23. The molecule has 1 heterocycles. The maximum absolute atomic E-state index is 6.23. The SMILES string of the molecule is CCCCOC1CCC2C3CCC(OC)C(C)C3SC2C1C. The molecule has 3 heteroatoms. The molecule has 1 aliphatic heterocycles. The molecule has 2 aliphatic carbocycles. The van der Waals surface area contributed by atoms with Gasteiger partial charge in [-0.3, -0.25) is 0 Å². The molecule has 3 rings (SSSR count). The molecule has 3 aliphatic rings. The minimum absolute atomic E-state index is 0.487. The smallest absolute Gasteiger partial charge is 0.0611 e. The highest BCUT2D eigenvalue weighted by atomic mass is 32.2. The molecule has 128 valence electrons. The summed E-state index contributed by atoms with van der Waals surface area (Å²) < 4.78 is 12.0. The molecule has 0 spiro atoms. The van der Waals surface area contributed by atoms with Gasteiger partial charge in [0.1, 0.15) is 0 Å². The van der Waals surface area contributed by atoms with Crippen molar-refractivity contribution >= 4 is 11.8 Å². The zero-order chi connectivity index (χ0) is 15.7. The van der Waals surface area contributed by atoms with E-state index >= 15 is 0 Å². The Balaban J connectivity index is 1.63. The van der Waals surface area contributed by atoms with Crippen molar-refractivity contribution in [2.45, 2.75) is 82.0 Å². The molecule has 22 heavy (non-hydrogen) atoms. The third kappa shape index (κ3) is 3.10. The molecule has 0 radical (unpaired) electrons. The summed E-state index contributed by atoms with van der Waals surface area (Å²) in [5.41, 5.74) is 0. The average molecular weight is 327 g/mol. The summed E-state index contributed by atoms with van der Waals surface area (Å²) in [4.78, 5) is 0. The monoisotopic (exact) mass is 326 g/mol. The number of thioether (sulfide) groups is 1. The van der Waals surface area contributed by atoms with Crippen LogP contribution in [0.5, 0.6) is 0 Å². The average Bonchev–Trinajstić information content (AvgIpc) is 2.91. The predicted octanol–water partition coefficient (Wildman–Crippen LogP) is 4.76. The Kier molecular flexibility index (Phi) is 5.79. The standard InChI is InChI=1S/C19H34O2S/c1-5-6-11-21-17-10-8-15-14-7-9-16(20-4)12(2)18(14)22-19(15)13(17)3/h12-19H,5-11H2,1-4H3. The van der Waals surface area contributed by atoms with Crippen LogP contribution in [0.25, 0.3) is 0 Å². The minimum Gasteiger partial charge on any atom is -0.381 e. The van der Waals surface area contributed by atoms with Gasteiger partial charge in [0.05, 0.1) is 12.2 Å². The fourth-order valence-electron chi connectivity index (χ4n) is 5.26. The molecule has 0 aromatic rings. The molecule has 0 bridgehead atoms. The van der Waals surface area contributed by atoms with Gasteiger partial charge < -0.3 is 9.47 Å². The molecule has 0 N–H and O–H groups in total. The second-order valence-corrected chi connectivity index (χ2v) is 9.16. The van der Waals surface area contributed by atoms with Crippen LogP contribution in [-0.4, -0.2) is 36.4 Å². The van der Waals surface area contributed by atoms with Crippen molar-refractivity contribution in [1.82, 2.24) is 0 Å². The van der Waals surface area contributed by atoms with Gasteiger partial charge in [0.25, 0.3) is 0 Å². The number of hydrogen-bond acceptors (Lipinski definition) is 3. The van der Waals surface area contributed by atoms with E-state index < -0.39 is 0 Å². The van der Waals surface area contributed by atoms with Crippen LogP contribution in [0.3, 0.4) is 0 Å². The second-order valence-electron chi connectivity index (χ2n) is 7.80. The molecule has 0 amide bonds. The number of ether oxygens (including phenoxy) is 2. The van der Waals surface area contributed by atoms with E-state index in [2.05, 4.69) is 32.5 Å². The normalized spacial score (nSPS) is 48.0. The fourth-order valence-corrected chi connectivity index (χ4v) is 7.55. The summed E-state index contributed by atoms with van der Waals surface area (Å²) in [5.74, 6) is 3.32. The third-order valence-electron chi connectivity index (χ3n) is 6.62. The molecule has 0 aromatic carbocycles. The molecule has 3 fully saturated rings. The van der Waals surface area contributed by atoms with Crippen LogP contribution in [0.15, 0.2) is 0 Å². The lowest BCUT2D eigenvalue weighted by atomic mass is 9.67. The lowest BCUT2D eigenvalue weighted by molar-refractivity contribution is -0.0285. The quantitative estimate of drug-likeness (QED) is 0.678. The Labute approximate surface area is 141 Å². The summed E-state index contributed by atoms with van der Waals surface area (Å²) in [7, 11) is 1.90. The van der Waals surface area contributed by atoms with Crippen LogP contribution in [0, 0.1) is 23.7 Å². The van der Waals surface area contributed by atoms with E-state index in [1.807, 2.05) is 7.11 Å². The van der Waals surface area contributed by atoms with Gasteiger partial charge in [0, 0.05) is 24.2 Å². The van der Waals surface area contributed by atoms with Crippen molar-refractivity contribution in [1.29, 1.82) is 0 Å². The van der Waals surface area contributed by atoms with E-state index in [1.165, 1.54) is 38.5 Å². The summed E-state index contributed by atoms with van der Waals surface area (Å²) >= 11 is 2.30. The highest BCUT2D eigenvalue weighted by Crippen LogP contribution is 2.58. The highest BCUT2D eigenvalue weighted by molar-refractivity contribution is 8.00. The number of hydrogen-bond donors (Lipinski definition) is 0. The Morgan fingerprint density at radius 3 is 2.09 bits per heavy atom. The van der Waals surface area contributed by atoms with Gasteiger partial charge in [-0.2, -0.15) is 11.8 Å². The van der Waals surface area contributed by atoms with E-state index in [1.54, 1.807) is 0 Å². The Bertz CT molecular complexity index is 361. The van der Waals surface area contributed by atoms with Crippen LogP contribution in [-0.2, 0) is 9.47 Å². The maximum Gasteiger partial charge on any atom is 0.0611 e. The number of fused-ring (bicyclic) bond motifs is 3. The van der Waals surface area contributed by atoms with Crippen molar-refractivity contribution in [3.05, 3.63) is 0 Å². The Hall–Kier alpha value is 0.270. The molecule has 8 atom stereocenters. The van der Waals surface area contributed by atoms with Crippen LogP contribution >= 0.6 is 11.8 Å². The Morgan fingerprint density at radius 2 is 1.50 bits per heavy atom. The first kappa shape index (κ1) is 17.1. The van der Waals surface area contributed by atoms with Crippen LogP contribution in [0.1, 0.15) is 59.3 Å². The minimum atomic E-state index is 0.487. The molecule has 0 aromatic heterocycles. The first-order chi connectivity index (χ1) is 10.7. The topological polar surface area (TPSA) is 18.5 Å². The molecule has 8 unspecified atom stereocenters. The van der Waals surface area contributed by atoms with Crippen LogP contribution in [0.4, 0.5) is 0 Å². The van der Waals surface area contributed by atoms with E-state index in [0.717, 1.165) is 34.9 Å². The predicted molar refractivity (Wildman–Crippen MR) is 94.4 cm³/mol. The molecule has 2 nitrogen and oxygen atoms in total. The Morgan fingerprint density at radius 1 is 0.909 bits per heavy atom. The summed E-state index contributed by atoms with van der Waals surface area (Å²) in [5, 5.41) is 1.65. The van der Waals surface area contributed by atoms with Gasteiger partial charge >= 0.3 is 0 Å². The van der Waals surface area contributed by atoms with Gasteiger partial charge in [-0.15, -0.1) is 0 Å². The van der Waals surface area contributed by atoms with E-state index in [0.29, 0.717) is 18.1 Å². The van der Waals surface area contributed by atoms with Gasteiger partial charge in [0.2, 0.25) is 0 Å². The van der Waals surface area contributed by atoms with Crippen molar-refractivity contribution in [2.24, 2.45) is 23.7 Å². The van der Waals surface area contributed by atoms with E-state index in [-0.39, 0.29) is 0 Å². The third-order valence-corrected chi connectivity index (χ3v) is 8.81. The summed E-state index contributed by atoms with van der Waals surface area (Å²) in [6.45, 7) is 8.09. The van der Waals surface area contributed by atoms with Crippen LogP contribution in [0.2, 0.25) is 0 Å². The summed E-state index contributed by atoms with van der Waals surface area (Å²) in [6.07, 6.45) is 8.78. The van der Waals surface area contributed by atoms with Crippen molar-refractivity contribution in [3.63, 3.8) is 0 Å². The lowest BCUT2D eigenvalue weighted by Gasteiger charge is -2.41. The van der Waals surface area contributed by atoms with Crippen molar-refractivity contribution in [3.8, 4) is 0 Å². The number of unbranched alkanes of at least 4 members (excludes halogenated alkanes) is 1. The molecule has 2 saturated carbocycles. The fraction of sp³-hybridized carbons (Fsp3) is 1.00. The van der Waals surface area contributed by atoms with E-state index in [9.17, 15) is 0 Å². The molecular formula is C19H34O2S. The zero-order valence-electron chi connectivity index (χ0n) is 14.8. The zero-order valence-corrected chi connectivity index (χ0v) is 15.6. The summed E-state index contributed by atoms with van der Waals surface area (Å²) in [6, 6.07) is 0. The van der Waals surface area contributed by atoms with Gasteiger partial charge in [-0.1, -0.05) is 27.2 Å². The molecule has 1 saturated heterocycles. The molecular weight excluding hydrogens is 292 g/mol. The van der Waals surface area contributed by atoms with Gasteiger partial charge in [-0.05, 0) is 55.8 Å². The van der Waals surface area contributed by atoms with Crippen molar-refractivity contribution < 1.29 is 9.47 Å². The largest absolute Gasteiger partial charge is 0.381 e. The number of methoxy groups -OCH3 is 1. The second kappa shape index (κ2) is 7.44. The number of rotatable bonds is 5. The first-order valence-electron chi connectivity index (χ1n) is 9.47. The lowest BCUT2D eigenvalue weighted by Crippen LogP contribution is -2.42. The highest BCUT2D eigenvalue weighted by Gasteiger charge is 2.53. The first-order valence-corrected chi connectivity index (χ1v) is 10.4. The van der Waals surface area contributed by atoms with Gasteiger partial charge in [0.15, 0.2) is 0 Å². The van der Waals surface area contributed by atoms with Crippen molar-refractivity contribution in [2.75, 3.05) is 13.7 Å². The van der Waals surface area contributed by atoms with E-state index in [4.69, 9.17) is 9.47 Å². The van der Waals surface area contributed by atoms with Crippen LogP contribution < -0.4 is 0 Å². The van der Waals surface area contributed by atoms with Gasteiger partial charge in [-0.25, -0.2) is 0 Å².